The van der Waals surface area contributed by atoms with Gasteiger partial charge in [0.1, 0.15) is 6.10 Å². The smallest absolute Gasteiger partial charge is 0.249 e. The molecule has 4 unspecified atom stereocenters. The molecule has 2 N–H and O–H groups in total. The van der Waals surface area contributed by atoms with Crippen molar-refractivity contribution in [2.75, 3.05) is 19.8 Å². The molecule has 1 saturated carbocycles. The molecule has 1 heterocycles. The number of aliphatic hydroxyl groups is 1. The third-order valence-electron chi connectivity index (χ3n) is 4.49. The standard InChI is InChI=1S/C14H25NO3/c1-10-6-7-18-13(10)14(17)15-8-11-4-2-3-5-12(11)9-16/h10-13,16H,2-9H2,1H3,(H,15,17). The number of amides is 1. The van der Waals surface area contributed by atoms with Crippen LogP contribution in [-0.2, 0) is 9.53 Å². The number of aliphatic hydroxyl groups excluding tert-OH is 1. The fourth-order valence-corrected chi connectivity index (χ4v) is 3.16. The van der Waals surface area contributed by atoms with Crippen LogP contribution in [0.5, 0.6) is 0 Å². The van der Waals surface area contributed by atoms with E-state index in [1.165, 1.54) is 12.8 Å². The number of nitrogens with one attached hydrogen (secondary N) is 1. The largest absolute Gasteiger partial charge is 0.396 e. The van der Waals surface area contributed by atoms with E-state index in [9.17, 15) is 9.90 Å². The molecule has 2 aliphatic rings. The third-order valence-corrected chi connectivity index (χ3v) is 4.49. The van der Waals surface area contributed by atoms with Crippen LogP contribution < -0.4 is 5.32 Å². The summed E-state index contributed by atoms with van der Waals surface area (Å²) in [6.07, 6.45) is 5.34. The molecule has 0 radical (unpaired) electrons. The molecule has 1 aliphatic carbocycles. The van der Waals surface area contributed by atoms with Crippen LogP contribution >= 0.6 is 0 Å². The van der Waals surface area contributed by atoms with Gasteiger partial charge in [-0.25, -0.2) is 0 Å². The second-order valence-electron chi connectivity index (χ2n) is 5.79. The zero-order valence-corrected chi connectivity index (χ0v) is 11.2. The first kappa shape index (κ1) is 13.8. The summed E-state index contributed by atoms with van der Waals surface area (Å²) >= 11 is 0. The molecule has 4 atom stereocenters. The van der Waals surface area contributed by atoms with Crippen LogP contribution in [0.2, 0.25) is 0 Å². The van der Waals surface area contributed by atoms with Crippen LogP contribution in [0, 0.1) is 17.8 Å². The molecule has 0 aromatic heterocycles. The first-order chi connectivity index (χ1) is 8.72. The Balaban J connectivity index is 1.77. The highest BCUT2D eigenvalue weighted by molar-refractivity contribution is 5.81. The number of hydrogen-bond acceptors (Lipinski definition) is 3. The number of carbonyl (C=O) groups is 1. The summed E-state index contributed by atoms with van der Waals surface area (Å²) in [5.41, 5.74) is 0. The van der Waals surface area contributed by atoms with Crippen LogP contribution in [-0.4, -0.2) is 36.9 Å². The Morgan fingerprint density at radius 3 is 2.61 bits per heavy atom. The molecule has 1 aliphatic heterocycles. The SMILES string of the molecule is CC1CCOC1C(=O)NCC1CCCCC1CO. The summed E-state index contributed by atoms with van der Waals surface area (Å²) in [4.78, 5) is 12.0. The van der Waals surface area contributed by atoms with Crippen LogP contribution in [0.15, 0.2) is 0 Å². The van der Waals surface area contributed by atoms with Gasteiger partial charge in [-0.1, -0.05) is 19.8 Å². The highest BCUT2D eigenvalue weighted by atomic mass is 16.5. The van der Waals surface area contributed by atoms with Crippen LogP contribution in [0.3, 0.4) is 0 Å². The maximum absolute atomic E-state index is 12.0. The van der Waals surface area contributed by atoms with Gasteiger partial charge >= 0.3 is 0 Å². The molecule has 0 aromatic rings. The topological polar surface area (TPSA) is 58.6 Å². The average Bonchev–Trinajstić information content (AvgIpc) is 2.82. The van der Waals surface area contributed by atoms with Gasteiger partial charge in [-0.3, -0.25) is 4.79 Å². The molecule has 0 aromatic carbocycles. The Kier molecular flexibility index (Phi) is 5.01. The summed E-state index contributed by atoms with van der Waals surface area (Å²) in [7, 11) is 0. The molecule has 4 nitrogen and oxygen atoms in total. The van der Waals surface area contributed by atoms with Gasteiger partial charge in [-0.05, 0) is 37.0 Å². The summed E-state index contributed by atoms with van der Waals surface area (Å²) in [6.45, 7) is 3.70. The molecule has 1 amide bonds. The average molecular weight is 255 g/mol. The van der Waals surface area contributed by atoms with Crippen LogP contribution in [0.4, 0.5) is 0 Å². The van der Waals surface area contributed by atoms with Crippen molar-refractivity contribution in [3.8, 4) is 0 Å². The van der Waals surface area contributed by atoms with E-state index in [0.717, 1.165) is 19.3 Å². The Bertz CT molecular complexity index is 282. The van der Waals surface area contributed by atoms with Gasteiger partial charge in [-0.2, -0.15) is 0 Å². The number of hydrogen-bond donors (Lipinski definition) is 2. The second-order valence-corrected chi connectivity index (χ2v) is 5.79. The van der Waals surface area contributed by atoms with Crippen molar-refractivity contribution in [1.29, 1.82) is 0 Å². The first-order valence-electron chi connectivity index (χ1n) is 7.22. The lowest BCUT2D eigenvalue weighted by Gasteiger charge is -2.30. The van der Waals surface area contributed by atoms with Crippen molar-refractivity contribution in [3.63, 3.8) is 0 Å². The Hall–Kier alpha value is -0.610. The summed E-state index contributed by atoms with van der Waals surface area (Å²) in [5, 5.41) is 12.4. The number of carbonyl (C=O) groups excluding carboxylic acids is 1. The van der Waals surface area contributed by atoms with Crippen molar-refractivity contribution < 1.29 is 14.6 Å². The highest BCUT2D eigenvalue weighted by Gasteiger charge is 2.32. The lowest BCUT2D eigenvalue weighted by molar-refractivity contribution is -0.131. The van der Waals surface area contributed by atoms with Gasteiger partial charge in [0.25, 0.3) is 0 Å². The van der Waals surface area contributed by atoms with Gasteiger partial charge < -0.3 is 15.2 Å². The molecule has 0 spiro atoms. The van der Waals surface area contributed by atoms with E-state index < -0.39 is 0 Å². The van der Waals surface area contributed by atoms with E-state index in [-0.39, 0.29) is 18.6 Å². The predicted octanol–water partition coefficient (Wildman–Crippen LogP) is 1.33. The van der Waals surface area contributed by atoms with Gasteiger partial charge in [0.2, 0.25) is 5.91 Å². The van der Waals surface area contributed by atoms with Crippen molar-refractivity contribution >= 4 is 5.91 Å². The predicted molar refractivity (Wildman–Crippen MR) is 69.1 cm³/mol. The molecule has 1 saturated heterocycles. The van der Waals surface area contributed by atoms with E-state index in [1.807, 2.05) is 0 Å². The van der Waals surface area contributed by atoms with Gasteiger partial charge in [0.05, 0.1) is 0 Å². The van der Waals surface area contributed by atoms with Crippen molar-refractivity contribution in [3.05, 3.63) is 0 Å². The van der Waals surface area contributed by atoms with Crippen molar-refractivity contribution in [1.82, 2.24) is 5.32 Å². The molecular weight excluding hydrogens is 230 g/mol. The maximum atomic E-state index is 12.0. The Morgan fingerprint density at radius 1 is 1.28 bits per heavy atom. The number of ether oxygens (including phenoxy) is 1. The van der Waals surface area contributed by atoms with E-state index in [1.54, 1.807) is 0 Å². The van der Waals surface area contributed by atoms with E-state index >= 15 is 0 Å². The third kappa shape index (κ3) is 3.23. The van der Waals surface area contributed by atoms with E-state index in [0.29, 0.717) is 30.9 Å². The van der Waals surface area contributed by atoms with Gasteiger partial charge in [0, 0.05) is 19.8 Å². The Morgan fingerprint density at radius 2 is 2.00 bits per heavy atom. The van der Waals surface area contributed by atoms with Crippen LogP contribution in [0.25, 0.3) is 0 Å². The summed E-state index contributed by atoms with van der Waals surface area (Å²) in [6, 6.07) is 0. The Labute approximate surface area is 109 Å². The molecule has 4 heteroatoms. The number of rotatable bonds is 4. The summed E-state index contributed by atoms with van der Waals surface area (Å²) < 4.78 is 5.46. The first-order valence-corrected chi connectivity index (χ1v) is 7.22. The molecule has 18 heavy (non-hydrogen) atoms. The van der Waals surface area contributed by atoms with E-state index in [2.05, 4.69) is 12.2 Å². The molecule has 2 rings (SSSR count). The fourth-order valence-electron chi connectivity index (χ4n) is 3.16. The maximum Gasteiger partial charge on any atom is 0.249 e. The monoisotopic (exact) mass is 255 g/mol. The van der Waals surface area contributed by atoms with Crippen molar-refractivity contribution in [2.45, 2.75) is 45.1 Å². The minimum atomic E-state index is -0.263. The quantitative estimate of drug-likeness (QED) is 0.796. The summed E-state index contributed by atoms with van der Waals surface area (Å²) in [5.74, 6) is 1.15. The van der Waals surface area contributed by atoms with Crippen LogP contribution in [0.1, 0.15) is 39.0 Å². The molecule has 2 fully saturated rings. The second kappa shape index (κ2) is 6.53. The fraction of sp³-hybridized carbons (Fsp3) is 0.929. The zero-order valence-electron chi connectivity index (χ0n) is 11.2. The minimum Gasteiger partial charge on any atom is -0.396 e. The van der Waals surface area contributed by atoms with E-state index in [4.69, 9.17) is 4.74 Å². The minimum absolute atomic E-state index is 0.0299. The van der Waals surface area contributed by atoms with Gasteiger partial charge in [-0.15, -0.1) is 0 Å². The molecule has 104 valence electrons. The molecule has 0 bridgehead atoms. The van der Waals surface area contributed by atoms with Gasteiger partial charge in [0.15, 0.2) is 0 Å². The lowest BCUT2D eigenvalue weighted by Crippen LogP contribution is -2.41. The zero-order chi connectivity index (χ0) is 13.0. The molecular formula is C14H25NO3. The lowest BCUT2D eigenvalue weighted by atomic mass is 9.79. The highest BCUT2D eigenvalue weighted by Crippen LogP contribution is 2.29. The normalized spacial score (nSPS) is 36.6. The van der Waals surface area contributed by atoms with Crippen molar-refractivity contribution in [2.24, 2.45) is 17.8 Å².